The lowest BCUT2D eigenvalue weighted by Crippen LogP contribution is -2.29. The van der Waals surface area contributed by atoms with Crippen molar-refractivity contribution in [3.05, 3.63) is 46.9 Å². The number of phenols is 1. The third-order valence-corrected chi connectivity index (χ3v) is 2.99. The Kier molecular flexibility index (Phi) is 3.98. The van der Waals surface area contributed by atoms with Crippen LogP contribution in [0.2, 0.25) is 0 Å². The molecule has 1 aliphatic heterocycles. The molecule has 1 aromatic rings. The van der Waals surface area contributed by atoms with E-state index in [9.17, 15) is 24.6 Å². The number of phenolic OH excluding ortho intramolecular Hbond substituents is 1. The van der Waals surface area contributed by atoms with Gasteiger partial charge >= 0.3 is 11.9 Å². The molecule has 0 radical (unpaired) electrons. The zero-order valence-electron chi connectivity index (χ0n) is 11.8. The van der Waals surface area contributed by atoms with Gasteiger partial charge in [-0.15, -0.1) is 0 Å². The van der Waals surface area contributed by atoms with Crippen LogP contribution in [0, 0.1) is 0 Å². The van der Waals surface area contributed by atoms with Crippen LogP contribution >= 0.6 is 0 Å². The molecule has 0 fully saturated rings. The Balaban J connectivity index is 2.46. The number of ketones is 1. The first-order valence-electron chi connectivity index (χ1n) is 6.29. The summed E-state index contributed by atoms with van der Waals surface area (Å²) in [6.45, 7) is 2.57. The predicted octanol–water partition coefficient (Wildman–Crippen LogP) is 1.56. The summed E-state index contributed by atoms with van der Waals surface area (Å²) in [6.07, 6.45) is 0. The minimum absolute atomic E-state index is 0.0696. The van der Waals surface area contributed by atoms with Gasteiger partial charge < -0.3 is 20.3 Å². The lowest BCUT2D eigenvalue weighted by atomic mass is 10.0. The van der Waals surface area contributed by atoms with Gasteiger partial charge in [-0.3, -0.25) is 4.79 Å². The number of aliphatic hydroxyl groups excluding tert-OH is 1. The lowest BCUT2D eigenvalue weighted by molar-refractivity contribution is -0.155. The minimum atomic E-state index is -1.17. The molecule has 0 bridgehead atoms. The monoisotopic (exact) mass is 303 g/mol. The lowest BCUT2D eigenvalue weighted by Gasteiger charge is -2.18. The molecule has 0 unspecified atom stereocenters. The molecule has 7 heteroatoms. The third kappa shape index (κ3) is 2.83. The standard InChI is InChI=1S/C15H13NO6/c1-7(16-9-3-5-10(18)6-4-9)11-13(19)12(8(2)17)15(21)22-14(11)20/h3-6,16,18-19H,1-2H3/b11-7-. The van der Waals surface area contributed by atoms with Gasteiger partial charge in [0.2, 0.25) is 0 Å². The van der Waals surface area contributed by atoms with Gasteiger partial charge in [-0.25, -0.2) is 9.59 Å². The number of cyclic esters (lactones) is 2. The fraction of sp³-hybridized carbons (Fsp3) is 0.133. The highest BCUT2D eigenvalue weighted by Crippen LogP contribution is 2.26. The fourth-order valence-electron chi connectivity index (χ4n) is 1.97. The summed E-state index contributed by atoms with van der Waals surface area (Å²) in [5.41, 5.74) is -0.136. The van der Waals surface area contributed by atoms with E-state index in [2.05, 4.69) is 10.1 Å². The number of anilines is 1. The molecule has 22 heavy (non-hydrogen) atoms. The van der Waals surface area contributed by atoms with Gasteiger partial charge in [0.1, 0.15) is 22.7 Å². The van der Waals surface area contributed by atoms with Crippen LogP contribution in [-0.4, -0.2) is 27.9 Å². The van der Waals surface area contributed by atoms with E-state index >= 15 is 0 Å². The number of ether oxygens (including phenoxy) is 1. The number of hydrogen-bond acceptors (Lipinski definition) is 7. The first kappa shape index (κ1) is 15.3. The molecule has 0 spiro atoms. The van der Waals surface area contributed by atoms with Crippen molar-refractivity contribution >= 4 is 23.4 Å². The Labute approximate surface area is 125 Å². The highest BCUT2D eigenvalue weighted by Gasteiger charge is 2.36. The van der Waals surface area contributed by atoms with Gasteiger partial charge in [0.05, 0.1) is 0 Å². The number of aliphatic hydroxyl groups is 1. The summed E-state index contributed by atoms with van der Waals surface area (Å²) in [5.74, 6) is -3.56. The van der Waals surface area contributed by atoms with E-state index in [4.69, 9.17) is 0 Å². The Hall–Kier alpha value is -3.09. The summed E-state index contributed by atoms with van der Waals surface area (Å²) >= 11 is 0. The molecule has 2 rings (SSSR count). The molecule has 0 aliphatic carbocycles. The number of rotatable bonds is 3. The molecule has 3 N–H and O–H groups in total. The van der Waals surface area contributed by atoms with Crippen LogP contribution in [-0.2, 0) is 19.1 Å². The van der Waals surface area contributed by atoms with Gasteiger partial charge in [-0.1, -0.05) is 0 Å². The van der Waals surface area contributed by atoms with Crippen molar-refractivity contribution in [2.24, 2.45) is 0 Å². The Bertz CT molecular complexity index is 727. The molecule has 0 aromatic heterocycles. The number of carbonyl (C=O) groups is 3. The maximum Gasteiger partial charge on any atom is 0.353 e. The second kappa shape index (κ2) is 5.72. The molecular weight excluding hydrogens is 290 g/mol. The highest BCUT2D eigenvalue weighted by molar-refractivity contribution is 6.23. The van der Waals surface area contributed by atoms with Gasteiger partial charge in [-0.2, -0.15) is 0 Å². The number of benzene rings is 1. The summed E-state index contributed by atoms with van der Waals surface area (Å²) in [4.78, 5) is 34.6. The average molecular weight is 303 g/mol. The largest absolute Gasteiger partial charge is 0.508 e. The molecule has 1 aliphatic rings. The summed E-state index contributed by atoms with van der Waals surface area (Å²) in [5, 5.41) is 22.1. The normalized spacial score (nSPS) is 17.2. The Morgan fingerprint density at radius 2 is 1.64 bits per heavy atom. The maximum absolute atomic E-state index is 11.8. The van der Waals surface area contributed by atoms with Crippen molar-refractivity contribution < 1.29 is 29.3 Å². The van der Waals surface area contributed by atoms with E-state index in [1.807, 2.05) is 0 Å². The van der Waals surface area contributed by atoms with Crippen LogP contribution in [0.25, 0.3) is 0 Å². The fourth-order valence-corrected chi connectivity index (χ4v) is 1.97. The zero-order valence-corrected chi connectivity index (χ0v) is 11.8. The smallest absolute Gasteiger partial charge is 0.353 e. The molecular formula is C15H13NO6. The Morgan fingerprint density at radius 1 is 1.05 bits per heavy atom. The molecule has 0 atom stereocenters. The van der Waals surface area contributed by atoms with Gasteiger partial charge in [-0.05, 0) is 38.1 Å². The van der Waals surface area contributed by atoms with Gasteiger partial charge in [0.25, 0.3) is 0 Å². The van der Waals surface area contributed by atoms with Crippen molar-refractivity contribution in [1.82, 2.24) is 0 Å². The molecule has 0 amide bonds. The van der Waals surface area contributed by atoms with Crippen LogP contribution in [0.15, 0.2) is 46.9 Å². The number of Topliss-reactive ketones (excluding diaryl/α,β-unsaturated/α-hetero) is 1. The van der Waals surface area contributed by atoms with Crippen LogP contribution in [0.4, 0.5) is 5.69 Å². The molecule has 114 valence electrons. The SMILES string of the molecule is CC(=O)C1=C(O)/C(=C(\C)Nc2ccc(O)cc2)C(=O)OC1=O. The second-order valence-electron chi connectivity index (χ2n) is 4.63. The molecule has 0 saturated heterocycles. The number of allylic oxidation sites excluding steroid dienone is 1. The molecule has 1 heterocycles. The van der Waals surface area contributed by atoms with Crippen molar-refractivity contribution in [3.63, 3.8) is 0 Å². The average Bonchev–Trinajstić information content (AvgIpc) is 2.40. The maximum atomic E-state index is 11.8. The van der Waals surface area contributed by atoms with Gasteiger partial charge in [0, 0.05) is 11.4 Å². The minimum Gasteiger partial charge on any atom is -0.508 e. The van der Waals surface area contributed by atoms with E-state index in [0.717, 1.165) is 6.92 Å². The number of hydrogen-bond donors (Lipinski definition) is 3. The molecule has 7 nitrogen and oxygen atoms in total. The van der Waals surface area contributed by atoms with Crippen molar-refractivity contribution in [1.29, 1.82) is 0 Å². The van der Waals surface area contributed by atoms with Gasteiger partial charge in [0.15, 0.2) is 5.78 Å². The number of aromatic hydroxyl groups is 1. The summed E-state index contributed by atoms with van der Waals surface area (Å²) in [6, 6.07) is 5.95. The van der Waals surface area contributed by atoms with Crippen LogP contribution in [0.3, 0.4) is 0 Å². The Morgan fingerprint density at radius 3 is 2.18 bits per heavy atom. The second-order valence-corrected chi connectivity index (χ2v) is 4.63. The molecule has 1 aromatic carbocycles. The summed E-state index contributed by atoms with van der Waals surface area (Å²) in [7, 11) is 0. The first-order valence-corrected chi connectivity index (χ1v) is 6.29. The van der Waals surface area contributed by atoms with Crippen molar-refractivity contribution in [2.75, 3.05) is 5.32 Å². The van der Waals surface area contributed by atoms with E-state index < -0.39 is 29.1 Å². The van der Waals surface area contributed by atoms with Crippen LogP contribution < -0.4 is 5.32 Å². The van der Waals surface area contributed by atoms with Crippen molar-refractivity contribution in [2.45, 2.75) is 13.8 Å². The van der Waals surface area contributed by atoms with E-state index in [1.165, 1.54) is 19.1 Å². The quantitative estimate of drug-likeness (QED) is 0.255. The topological polar surface area (TPSA) is 113 Å². The number of nitrogens with one attached hydrogen (secondary N) is 1. The van der Waals surface area contributed by atoms with Crippen LogP contribution in [0.5, 0.6) is 5.75 Å². The predicted molar refractivity (Wildman–Crippen MR) is 75.9 cm³/mol. The number of esters is 2. The molecule has 0 saturated carbocycles. The van der Waals surface area contributed by atoms with Crippen LogP contribution in [0.1, 0.15) is 13.8 Å². The summed E-state index contributed by atoms with van der Waals surface area (Å²) < 4.78 is 4.47. The zero-order chi connectivity index (χ0) is 16.4. The van der Waals surface area contributed by atoms with Crippen molar-refractivity contribution in [3.8, 4) is 5.75 Å². The van der Waals surface area contributed by atoms with E-state index in [-0.39, 0.29) is 17.0 Å². The number of carbonyl (C=O) groups excluding carboxylic acids is 3. The van der Waals surface area contributed by atoms with E-state index in [1.54, 1.807) is 12.1 Å². The third-order valence-electron chi connectivity index (χ3n) is 2.99. The first-order chi connectivity index (χ1) is 10.3. The van der Waals surface area contributed by atoms with E-state index in [0.29, 0.717) is 5.69 Å². The highest BCUT2D eigenvalue weighted by atomic mass is 16.6.